The summed E-state index contributed by atoms with van der Waals surface area (Å²) in [5.41, 5.74) is 0.646. The van der Waals surface area contributed by atoms with Crippen LogP contribution in [0.15, 0.2) is 24.3 Å². The fourth-order valence-electron chi connectivity index (χ4n) is 3.80. The average molecular weight is 293 g/mol. The lowest BCUT2D eigenvalue weighted by molar-refractivity contribution is -0.0298. The van der Waals surface area contributed by atoms with Gasteiger partial charge in [-0.3, -0.25) is 4.90 Å². The van der Waals surface area contributed by atoms with E-state index < -0.39 is 0 Å². The van der Waals surface area contributed by atoms with Gasteiger partial charge in [-0.05, 0) is 38.2 Å². The van der Waals surface area contributed by atoms with Crippen LogP contribution < -0.4 is 0 Å². The molecule has 2 fully saturated rings. The first-order chi connectivity index (χ1) is 10.3. The summed E-state index contributed by atoms with van der Waals surface area (Å²) in [6.45, 7) is 1.63. The lowest BCUT2D eigenvalue weighted by atomic mass is 9.99. The smallest absolute Gasteiger partial charge is 0.128 e. The average Bonchev–Trinajstić information content (AvgIpc) is 2.73. The van der Waals surface area contributed by atoms with Crippen molar-refractivity contribution in [3.05, 3.63) is 35.6 Å². The Kier molecular flexibility index (Phi) is 4.88. The third kappa shape index (κ3) is 3.44. The van der Waals surface area contributed by atoms with Crippen molar-refractivity contribution in [1.29, 1.82) is 0 Å². The van der Waals surface area contributed by atoms with Crippen LogP contribution in [0.5, 0.6) is 0 Å². The van der Waals surface area contributed by atoms with E-state index in [-0.39, 0.29) is 18.5 Å². The van der Waals surface area contributed by atoms with Gasteiger partial charge in [0.15, 0.2) is 0 Å². The molecule has 1 aromatic rings. The van der Waals surface area contributed by atoms with Gasteiger partial charge in [-0.2, -0.15) is 0 Å². The Morgan fingerprint density at radius 1 is 1.19 bits per heavy atom. The van der Waals surface area contributed by atoms with E-state index in [0.29, 0.717) is 24.3 Å². The summed E-state index contributed by atoms with van der Waals surface area (Å²) in [5, 5.41) is 8.99. The first kappa shape index (κ1) is 14.9. The van der Waals surface area contributed by atoms with Crippen LogP contribution in [0.25, 0.3) is 0 Å². The maximum atomic E-state index is 13.6. The largest absolute Gasteiger partial charge is 0.396 e. The summed E-state index contributed by atoms with van der Waals surface area (Å²) in [6, 6.07) is 8.00. The zero-order chi connectivity index (χ0) is 14.7. The van der Waals surface area contributed by atoms with Crippen LogP contribution in [0.3, 0.4) is 0 Å². The van der Waals surface area contributed by atoms with E-state index in [4.69, 9.17) is 9.84 Å². The van der Waals surface area contributed by atoms with Crippen LogP contribution in [0.1, 0.15) is 37.7 Å². The minimum absolute atomic E-state index is 0.180. The summed E-state index contributed by atoms with van der Waals surface area (Å²) in [7, 11) is 0. The molecule has 0 saturated carbocycles. The number of nitrogens with zero attached hydrogens (tertiary/aromatic N) is 1. The van der Waals surface area contributed by atoms with E-state index in [2.05, 4.69) is 4.90 Å². The Morgan fingerprint density at radius 2 is 1.90 bits per heavy atom. The first-order valence-electron chi connectivity index (χ1n) is 7.99. The van der Waals surface area contributed by atoms with Crippen LogP contribution in [0.2, 0.25) is 0 Å². The van der Waals surface area contributed by atoms with E-state index in [1.165, 1.54) is 18.9 Å². The highest BCUT2D eigenvalue weighted by atomic mass is 19.1. The number of ether oxygens (including phenoxy) is 1. The molecular weight excluding hydrogens is 269 g/mol. The standard InChI is InChI=1S/C17H24FNO2/c18-17-5-2-1-4-13(17)12-21-16-10-14-6-7-15(11-16)19(14)8-3-9-20/h1-2,4-5,14-16,20H,3,6-12H2. The minimum Gasteiger partial charge on any atom is -0.396 e. The highest BCUT2D eigenvalue weighted by Gasteiger charge is 2.40. The lowest BCUT2D eigenvalue weighted by Crippen LogP contribution is -2.45. The number of piperidine rings is 1. The topological polar surface area (TPSA) is 32.7 Å². The molecule has 116 valence electrons. The molecule has 1 aromatic carbocycles. The van der Waals surface area contributed by atoms with Crippen molar-refractivity contribution in [2.45, 2.75) is 56.9 Å². The molecule has 2 atom stereocenters. The Morgan fingerprint density at radius 3 is 2.57 bits per heavy atom. The number of halogens is 1. The van der Waals surface area contributed by atoms with Crippen LogP contribution >= 0.6 is 0 Å². The van der Waals surface area contributed by atoms with Gasteiger partial charge >= 0.3 is 0 Å². The fourth-order valence-corrected chi connectivity index (χ4v) is 3.80. The normalized spacial score (nSPS) is 29.0. The number of aliphatic hydroxyl groups is 1. The zero-order valence-electron chi connectivity index (χ0n) is 12.4. The maximum Gasteiger partial charge on any atom is 0.128 e. The molecule has 0 aliphatic carbocycles. The van der Waals surface area contributed by atoms with Crippen molar-refractivity contribution in [2.24, 2.45) is 0 Å². The molecule has 3 nitrogen and oxygen atoms in total. The van der Waals surface area contributed by atoms with Gasteiger partial charge < -0.3 is 9.84 Å². The maximum absolute atomic E-state index is 13.6. The lowest BCUT2D eigenvalue weighted by Gasteiger charge is -2.38. The van der Waals surface area contributed by atoms with Crippen LogP contribution in [0, 0.1) is 5.82 Å². The van der Waals surface area contributed by atoms with Gasteiger partial charge in [0.1, 0.15) is 5.82 Å². The van der Waals surface area contributed by atoms with Gasteiger partial charge in [-0.1, -0.05) is 18.2 Å². The van der Waals surface area contributed by atoms with E-state index in [9.17, 15) is 4.39 Å². The molecule has 1 N–H and O–H groups in total. The predicted octanol–water partition coefficient (Wildman–Crippen LogP) is 2.72. The van der Waals surface area contributed by atoms with Crippen molar-refractivity contribution >= 4 is 0 Å². The van der Waals surface area contributed by atoms with E-state index >= 15 is 0 Å². The van der Waals surface area contributed by atoms with Gasteiger partial charge in [0.25, 0.3) is 0 Å². The Balaban J connectivity index is 1.52. The van der Waals surface area contributed by atoms with Gasteiger partial charge in [0.05, 0.1) is 12.7 Å². The Hall–Kier alpha value is -0.970. The quantitative estimate of drug-likeness (QED) is 0.875. The molecule has 0 aromatic heterocycles. The number of benzene rings is 1. The van der Waals surface area contributed by atoms with E-state index in [1.807, 2.05) is 6.07 Å². The van der Waals surface area contributed by atoms with E-state index in [0.717, 1.165) is 25.8 Å². The molecule has 2 unspecified atom stereocenters. The summed E-state index contributed by atoms with van der Waals surface area (Å²) in [4.78, 5) is 2.54. The Bertz CT molecular complexity index is 454. The number of hydrogen-bond acceptors (Lipinski definition) is 3. The second-order valence-corrected chi connectivity index (χ2v) is 6.20. The second-order valence-electron chi connectivity index (χ2n) is 6.20. The molecule has 4 heteroatoms. The van der Waals surface area contributed by atoms with Gasteiger partial charge in [-0.25, -0.2) is 4.39 Å². The molecule has 2 aliphatic heterocycles. The van der Waals surface area contributed by atoms with Crippen LogP contribution in [-0.4, -0.2) is 41.3 Å². The summed E-state index contributed by atoms with van der Waals surface area (Å²) in [5.74, 6) is -0.180. The predicted molar refractivity (Wildman–Crippen MR) is 79.4 cm³/mol. The first-order valence-corrected chi connectivity index (χ1v) is 7.99. The molecule has 2 aliphatic rings. The van der Waals surface area contributed by atoms with Crippen molar-refractivity contribution in [3.63, 3.8) is 0 Å². The Labute approximate surface area is 125 Å². The highest BCUT2D eigenvalue weighted by molar-refractivity contribution is 5.16. The SMILES string of the molecule is OCCCN1C2CCC1CC(OCc1ccccc1F)C2. The molecule has 2 heterocycles. The minimum atomic E-state index is -0.180. The highest BCUT2D eigenvalue weighted by Crippen LogP contribution is 2.37. The number of rotatable bonds is 6. The van der Waals surface area contributed by atoms with Crippen LogP contribution in [0.4, 0.5) is 4.39 Å². The van der Waals surface area contributed by atoms with E-state index in [1.54, 1.807) is 12.1 Å². The van der Waals surface area contributed by atoms with Crippen molar-refractivity contribution in [2.75, 3.05) is 13.2 Å². The molecule has 0 spiro atoms. The van der Waals surface area contributed by atoms with Crippen molar-refractivity contribution < 1.29 is 14.2 Å². The second kappa shape index (κ2) is 6.86. The van der Waals surface area contributed by atoms with Crippen LogP contribution in [-0.2, 0) is 11.3 Å². The summed E-state index contributed by atoms with van der Waals surface area (Å²) in [6.07, 6.45) is 5.64. The molecule has 0 radical (unpaired) electrons. The molecule has 2 saturated heterocycles. The fraction of sp³-hybridized carbons (Fsp3) is 0.647. The zero-order valence-corrected chi connectivity index (χ0v) is 12.4. The number of aliphatic hydroxyl groups excluding tert-OH is 1. The summed E-state index contributed by atoms with van der Waals surface area (Å²) < 4.78 is 19.6. The molecule has 21 heavy (non-hydrogen) atoms. The number of fused-ring (bicyclic) bond motifs is 2. The van der Waals surface area contributed by atoms with Gasteiger partial charge in [0.2, 0.25) is 0 Å². The van der Waals surface area contributed by atoms with Crippen molar-refractivity contribution in [1.82, 2.24) is 4.90 Å². The molecular formula is C17H24FNO2. The van der Waals surface area contributed by atoms with Gasteiger partial charge in [0, 0.05) is 30.8 Å². The molecule has 0 amide bonds. The third-order valence-electron chi connectivity index (χ3n) is 4.85. The van der Waals surface area contributed by atoms with Crippen molar-refractivity contribution in [3.8, 4) is 0 Å². The molecule has 2 bridgehead atoms. The van der Waals surface area contributed by atoms with Gasteiger partial charge in [-0.15, -0.1) is 0 Å². The third-order valence-corrected chi connectivity index (χ3v) is 4.85. The molecule has 3 rings (SSSR count). The summed E-state index contributed by atoms with van der Waals surface area (Å²) >= 11 is 0. The monoisotopic (exact) mass is 293 g/mol. The number of hydrogen-bond donors (Lipinski definition) is 1.